The van der Waals surface area contributed by atoms with E-state index in [4.69, 9.17) is 9.47 Å². The molecule has 3 nitrogen and oxygen atoms in total. The minimum atomic E-state index is -0.366. The summed E-state index contributed by atoms with van der Waals surface area (Å²) < 4.78 is 10.0. The van der Waals surface area contributed by atoms with Crippen molar-refractivity contribution in [1.29, 1.82) is 0 Å². The maximum absolute atomic E-state index is 11.2. The molecule has 70 valence electrons. The van der Waals surface area contributed by atoms with Crippen molar-refractivity contribution >= 4 is 17.3 Å². The summed E-state index contributed by atoms with van der Waals surface area (Å²) in [5, 5.41) is 3.96. The van der Waals surface area contributed by atoms with Gasteiger partial charge in [-0.15, -0.1) is 0 Å². The number of carbonyl (C=O) groups excluding carboxylic acids is 1. The van der Waals surface area contributed by atoms with Gasteiger partial charge in [-0.3, -0.25) is 0 Å². The first-order chi connectivity index (χ1) is 6.33. The van der Waals surface area contributed by atoms with Crippen molar-refractivity contribution in [2.45, 2.75) is 19.1 Å². The smallest absolute Gasteiger partial charge is 0.338 e. The van der Waals surface area contributed by atoms with Gasteiger partial charge < -0.3 is 9.47 Å². The Bertz CT molecular complexity index is 294. The Morgan fingerprint density at radius 2 is 2.62 bits per heavy atom. The van der Waals surface area contributed by atoms with Crippen LogP contribution in [-0.2, 0) is 14.3 Å². The first kappa shape index (κ1) is 8.72. The van der Waals surface area contributed by atoms with Gasteiger partial charge in [0, 0.05) is 0 Å². The van der Waals surface area contributed by atoms with Gasteiger partial charge in [0.15, 0.2) is 6.10 Å². The van der Waals surface area contributed by atoms with Crippen molar-refractivity contribution in [1.82, 2.24) is 0 Å². The van der Waals surface area contributed by atoms with Crippen LogP contribution in [0.4, 0.5) is 0 Å². The highest BCUT2D eigenvalue weighted by Gasteiger charge is 2.47. The molecule has 0 N–H and O–H groups in total. The van der Waals surface area contributed by atoms with Gasteiger partial charge in [0.2, 0.25) is 0 Å². The van der Waals surface area contributed by atoms with Gasteiger partial charge >= 0.3 is 5.97 Å². The average Bonchev–Trinajstić information content (AvgIpc) is 2.74. The van der Waals surface area contributed by atoms with Crippen LogP contribution in [0.1, 0.15) is 18.6 Å². The van der Waals surface area contributed by atoms with E-state index in [0.29, 0.717) is 6.61 Å². The van der Waals surface area contributed by atoms with Gasteiger partial charge in [0.25, 0.3) is 0 Å². The average molecular weight is 198 g/mol. The van der Waals surface area contributed by atoms with Crippen molar-refractivity contribution < 1.29 is 14.3 Å². The van der Waals surface area contributed by atoms with E-state index in [1.165, 1.54) is 0 Å². The molecule has 1 aliphatic rings. The fourth-order valence-electron chi connectivity index (χ4n) is 1.21. The second kappa shape index (κ2) is 3.47. The summed E-state index contributed by atoms with van der Waals surface area (Å²) in [5.41, 5.74) is 1.07. The molecule has 0 aliphatic carbocycles. The first-order valence-corrected chi connectivity index (χ1v) is 5.11. The summed E-state index contributed by atoms with van der Waals surface area (Å²) in [6, 6.07) is 1.97. The van der Waals surface area contributed by atoms with Crippen LogP contribution < -0.4 is 0 Å². The van der Waals surface area contributed by atoms with Crippen molar-refractivity contribution in [2.24, 2.45) is 0 Å². The van der Waals surface area contributed by atoms with Crippen LogP contribution in [0.25, 0.3) is 0 Å². The molecule has 2 rings (SSSR count). The standard InChI is InChI=1S/C9H10O3S/c1-2-11-9(10)8-7(12-8)6-3-4-13-5-6/h3-5,7-8H,2H2,1H3. The van der Waals surface area contributed by atoms with Gasteiger partial charge in [-0.25, -0.2) is 4.79 Å². The van der Waals surface area contributed by atoms with Crippen molar-refractivity contribution in [3.63, 3.8) is 0 Å². The minimum absolute atomic E-state index is 0.0645. The lowest BCUT2D eigenvalue weighted by Crippen LogP contribution is -2.11. The Morgan fingerprint density at radius 1 is 1.77 bits per heavy atom. The third-order valence-electron chi connectivity index (χ3n) is 1.88. The number of ether oxygens (including phenoxy) is 2. The lowest BCUT2D eigenvalue weighted by Gasteiger charge is -1.95. The van der Waals surface area contributed by atoms with Gasteiger partial charge in [0.1, 0.15) is 6.10 Å². The van der Waals surface area contributed by atoms with Crippen molar-refractivity contribution in [3.05, 3.63) is 22.4 Å². The predicted molar refractivity (Wildman–Crippen MR) is 48.6 cm³/mol. The molecular formula is C9H10O3S. The highest BCUT2D eigenvalue weighted by atomic mass is 32.1. The molecule has 1 saturated heterocycles. The van der Waals surface area contributed by atoms with E-state index in [1.54, 1.807) is 18.3 Å². The van der Waals surface area contributed by atoms with Crippen molar-refractivity contribution in [2.75, 3.05) is 6.61 Å². The fourth-order valence-corrected chi connectivity index (χ4v) is 1.89. The number of esters is 1. The molecule has 2 heterocycles. The number of carbonyl (C=O) groups is 1. The second-order valence-corrected chi connectivity index (χ2v) is 3.57. The van der Waals surface area contributed by atoms with E-state index in [2.05, 4.69) is 0 Å². The Hall–Kier alpha value is -0.870. The molecular weight excluding hydrogens is 188 g/mol. The third-order valence-corrected chi connectivity index (χ3v) is 2.58. The molecule has 1 aromatic rings. The Labute approximate surface area is 80.3 Å². The number of hydrogen-bond acceptors (Lipinski definition) is 4. The molecule has 1 aromatic heterocycles. The molecule has 4 heteroatoms. The number of thiophene rings is 1. The zero-order valence-electron chi connectivity index (χ0n) is 7.23. The monoisotopic (exact) mass is 198 g/mol. The van der Waals surface area contributed by atoms with E-state index < -0.39 is 0 Å². The van der Waals surface area contributed by atoms with Crippen LogP contribution in [-0.4, -0.2) is 18.7 Å². The molecule has 13 heavy (non-hydrogen) atoms. The Kier molecular flexibility index (Phi) is 2.33. The molecule has 2 unspecified atom stereocenters. The molecule has 0 bridgehead atoms. The number of rotatable bonds is 3. The summed E-state index contributed by atoms with van der Waals surface area (Å²) in [4.78, 5) is 11.2. The summed E-state index contributed by atoms with van der Waals surface area (Å²) in [6.45, 7) is 2.20. The quantitative estimate of drug-likeness (QED) is 0.548. The molecule has 2 atom stereocenters. The maximum Gasteiger partial charge on any atom is 0.338 e. The van der Waals surface area contributed by atoms with Crippen LogP contribution in [0.5, 0.6) is 0 Å². The SMILES string of the molecule is CCOC(=O)C1OC1c1ccsc1. The summed E-state index contributed by atoms with van der Waals surface area (Å²) >= 11 is 1.60. The van der Waals surface area contributed by atoms with E-state index in [-0.39, 0.29) is 18.2 Å². The van der Waals surface area contributed by atoms with Gasteiger partial charge in [0.05, 0.1) is 6.61 Å². The van der Waals surface area contributed by atoms with Gasteiger partial charge in [-0.2, -0.15) is 11.3 Å². The first-order valence-electron chi connectivity index (χ1n) is 4.17. The topological polar surface area (TPSA) is 38.8 Å². The number of epoxide rings is 1. The summed E-state index contributed by atoms with van der Waals surface area (Å²) in [7, 11) is 0. The summed E-state index contributed by atoms with van der Waals surface area (Å²) in [6.07, 6.45) is -0.431. The van der Waals surface area contributed by atoms with Gasteiger partial charge in [-0.05, 0) is 29.3 Å². The minimum Gasteiger partial charge on any atom is -0.464 e. The highest BCUT2D eigenvalue weighted by molar-refractivity contribution is 7.08. The zero-order chi connectivity index (χ0) is 9.26. The molecule has 0 aromatic carbocycles. The lowest BCUT2D eigenvalue weighted by atomic mass is 10.2. The number of hydrogen-bond donors (Lipinski definition) is 0. The molecule has 0 amide bonds. The zero-order valence-corrected chi connectivity index (χ0v) is 8.04. The van der Waals surface area contributed by atoms with Crippen molar-refractivity contribution in [3.8, 4) is 0 Å². The normalized spacial score (nSPS) is 25.6. The van der Waals surface area contributed by atoms with E-state index in [1.807, 2.05) is 16.8 Å². The van der Waals surface area contributed by atoms with Crippen LogP contribution >= 0.6 is 11.3 Å². The maximum atomic E-state index is 11.2. The molecule has 0 spiro atoms. The van der Waals surface area contributed by atoms with Crippen LogP contribution in [0, 0.1) is 0 Å². The fraction of sp³-hybridized carbons (Fsp3) is 0.444. The van der Waals surface area contributed by atoms with E-state index in [0.717, 1.165) is 5.56 Å². The highest BCUT2D eigenvalue weighted by Crippen LogP contribution is 2.40. The third kappa shape index (κ3) is 1.73. The van der Waals surface area contributed by atoms with Crippen LogP contribution in [0.2, 0.25) is 0 Å². The van der Waals surface area contributed by atoms with Gasteiger partial charge in [-0.1, -0.05) is 0 Å². The molecule has 0 radical (unpaired) electrons. The lowest BCUT2D eigenvalue weighted by molar-refractivity contribution is -0.144. The largest absolute Gasteiger partial charge is 0.464 e. The Morgan fingerprint density at radius 3 is 3.23 bits per heavy atom. The summed E-state index contributed by atoms with van der Waals surface area (Å²) in [5.74, 6) is -0.251. The second-order valence-electron chi connectivity index (χ2n) is 2.79. The molecule has 0 saturated carbocycles. The van der Waals surface area contributed by atoms with Crippen LogP contribution in [0.15, 0.2) is 16.8 Å². The van der Waals surface area contributed by atoms with E-state index in [9.17, 15) is 4.79 Å². The van der Waals surface area contributed by atoms with Crippen LogP contribution in [0.3, 0.4) is 0 Å². The Balaban J connectivity index is 1.92. The predicted octanol–water partition coefficient (Wildman–Crippen LogP) is 1.75. The molecule has 1 fully saturated rings. The van der Waals surface area contributed by atoms with E-state index >= 15 is 0 Å². The molecule has 1 aliphatic heterocycles.